The third-order valence-corrected chi connectivity index (χ3v) is 4.51. The van der Waals surface area contributed by atoms with E-state index in [9.17, 15) is 13.2 Å². The minimum Gasteiger partial charge on any atom is -0.469 e. The largest absolute Gasteiger partial charge is 0.469 e. The maximum absolute atomic E-state index is 11.7. The van der Waals surface area contributed by atoms with Crippen LogP contribution in [0.25, 0.3) is 0 Å². The van der Waals surface area contributed by atoms with E-state index in [4.69, 9.17) is 0 Å². The van der Waals surface area contributed by atoms with Crippen LogP contribution in [0, 0.1) is 11.8 Å². The van der Waals surface area contributed by atoms with Gasteiger partial charge < -0.3 is 4.74 Å². The molecule has 0 bridgehead atoms. The van der Waals surface area contributed by atoms with E-state index < -0.39 is 21.7 Å². The molecule has 4 nitrogen and oxygen atoms in total. The average Bonchev–Trinajstić information content (AvgIpc) is 2.14. The Morgan fingerprint density at radius 1 is 1.25 bits per heavy atom. The van der Waals surface area contributed by atoms with E-state index in [-0.39, 0.29) is 17.4 Å². The van der Waals surface area contributed by atoms with E-state index in [0.717, 1.165) is 12.8 Å². The molecule has 0 aromatic carbocycles. The van der Waals surface area contributed by atoms with Crippen molar-refractivity contribution in [2.75, 3.05) is 18.6 Å². The van der Waals surface area contributed by atoms with Gasteiger partial charge >= 0.3 is 5.97 Å². The molecule has 2 unspecified atom stereocenters. The number of carbonyl (C=O) groups excluding carboxylic acids is 1. The van der Waals surface area contributed by atoms with E-state index in [1.54, 1.807) is 6.92 Å². The van der Waals surface area contributed by atoms with Crippen molar-refractivity contribution in [2.24, 2.45) is 11.8 Å². The Morgan fingerprint density at radius 2 is 1.81 bits per heavy atom. The molecule has 5 heteroatoms. The van der Waals surface area contributed by atoms with Crippen LogP contribution < -0.4 is 0 Å². The predicted molar refractivity (Wildman–Crippen MR) is 63.9 cm³/mol. The molecule has 96 valence electrons. The van der Waals surface area contributed by atoms with Crippen molar-refractivity contribution in [1.82, 2.24) is 0 Å². The molecule has 0 aliphatic carbocycles. The normalized spacial score (nSPS) is 15.5. The second-order valence-corrected chi connectivity index (χ2v) is 6.55. The van der Waals surface area contributed by atoms with E-state index in [1.807, 2.05) is 13.8 Å². The summed E-state index contributed by atoms with van der Waals surface area (Å²) in [5.41, 5.74) is 0. The Morgan fingerprint density at radius 3 is 2.25 bits per heavy atom. The van der Waals surface area contributed by atoms with Crippen molar-refractivity contribution in [3.05, 3.63) is 0 Å². The molecule has 0 saturated carbocycles. The Balaban J connectivity index is 4.30. The van der Waals surface area contributed by atoms with Crippen LogP contribution in [0.15, 0.2) is 0 Å². The topological polar surface area (TPSA) is 60.4 Å². The fourth-order valence-electron chi connectivity index (χ4n) is 1.73. The van der Waals surface area contributed by atoms with Gasteiger partial charge in [0.15, 0.2) is 9.84 Å². The highest BCUT2D eigenvalue weighted by Gasteiger charge is 2.23. The minimum absolute atomic E-state index is 0.117. The first-order valence-corrected chi connectivity index (χ1v) is 7.42. The van der Waals surface area contributed by atoms with Gasteiger partial charge in [-0.1, -0.05) is 33.6 Å². The van der Waals surface area contributed by atoms with Crippen molar-refractivity contribution in [3.8, 4) is 0 Å². The van der Waals surface area contributed by atoms with Gasteiger partial charge in [0.05, 0.1) is 24.5 Å². The van der Waals surface area contributed by atoms with Gasteiger partial charge in [-0.3, -0.25) is 4.79 Å². The molecular weight excluding hydrogens is 228 g/mol. The summed E-state index contributed by atoms with van der Waals surface area (Å²) < 4.78 is 28.0. The van der Waals surface area contributed by atoms with Crippen LogP contribution in [0.5, 0.6) is 0 Å². The molecule has 0 aliphatic rings. The molecule has 0 spiro atoms. The zero-order valence-electron chi connectivity index (χ0n) is 10.5. The number of rotatable bonds is 7. The summed E-state index contributed by atoms with van der Waals surface area (Å²) in [6.45, 7) is 5.53. The number of methoxy groups -OCH3 is 1. The lowest BCUT2D eigenvalue weighted by Gasteiger charge is -2.13. The van der Waals surface area contributed by atoms with Gasteiger partial charge in [-0.25, -0.2) is 8.42 Å². The molecular formula is C11H22O4S. The van der Waals surface area contributed by atoms with Gasteiger partial charge in [-0.15, -0.1) is 0 Å². The minimum atomic E-state index is -3.16. The number of sulfone groups is 1. The van der Waals surface area contributed by atoms with Gasteiger partial charge in [0.1, 0.15) is 0 Å². The SMILES string of the molecule is CCCC(C)CS(=O)(=O)CC(C)C(=O)OC. The Hall–Kier alpha value is -0.580. The van der Waals surface area contributed by atoms with Crippen LogP contribution >= 0.6 is 0 Å². The second kappa shape index (κ2) is 6.89. The summed E-state index contributed by atoms with van der Waals surface area (Å²) in [6, 6.07) is 0. The summed E-state index contributed by atoms with van der Waals surface area (Å²) >= 11 is 0. The molecule has 0 saturated heterocycles. The lowest BCUT2D eigenvalue weighted by atomic mass is 10.1. The van der Waals surface area contributed by atoms with Gasteiger partial charge in [0.2, 0.25) is 0 Å². The van der Waals surface area contributed by atoms with Crippen molar-refractivity contribution < 1.29 is 17.9 Å². The van der Waals surface area contributed by atoms with Crippen LogP contribution in [0.1, 0.15) is 33.6 Å². The predicted octanol–water partition coefficient (Wildman–Crippen LogP) is 1.65. The van der Waals surface area contributed by atoms with E-state index >= 15 is 0 Å². The monoisotopic (exact) mass is 250 g/mol. The number of hydrogen-bond acceptors (Lipinski definition) is 4. The van der Waals surface area contributed by atoms with Crippen molar-refractivity contribution in [2.45, 2.75) is 33.6 Å². The number of carbonyl (C=O) groups is 1. The lowest BCUT2D eigenvalue weighted by molar-refractivity contribution is -0.144. The molecule has 0 rings (SSSR count). The summed E-state index contributed by atoms with van der Waals surface area (Å²) in [5, 5.41) is 0. The molecule has 16 heavy (non-hydrogen) atoms. The molecule has 0 heterocycles. The highest BCUT2D eigenvalue weighted by Crippen LogP contribution is 2.12. The third kappa shape index (κ3) is 6.10. The van der Waals surface area contributed by atoms with Crippen LogP contribution in [-0.2, 0) is 19.4 Å². The molecule has 0 aliphatic heterocycles. The number of esters is 1. The van der Waals surface area contributed by atoms with Gasteiger partial charge in [0, 0.05) is 0 Å². The Kier molecular flexibility index (Phi) is 6.64. The third-order valence-electron chi connectivity index (χ3n) is 2.43. The highest BCUT2D eigenvalue weighted by molar-refractivity contribution is 7.91. The molecule has 0 N–H and O–H groups in total. The first-order valence-electron chi connectivity index (χ1n) is 5.60. The first-order chi connectivity index (χ1) is 7.32. The molecule has 0 aromatic heterocycles. The van der Waals surface area contributed by atoms with E-state index in [1.165, 1.54) is 7.11 Å². The van der Waals surface area contributed by atoms with Crippen molar-refractivity contribution in [3.63, 3.8) is 0 Å². The zero-order valence-corrected chi connectivity index (χ0v) is 11.3. The van der Waals surface area contributed by atoms with Crippen LogP contribution in [0.3, 0.4) is 0 Å². The molecule has 0 radical (unpaired) electrons. The smallest absolute Gasteiger partial charge is 0.309 e. The first kappa shape index (κ1) is 15.4. The molecule has 0 amide bonds. The van der Waals surface area contributed by atoms with Gasteiger partial charge in [-0.2, -0.15) is 0 Å². The maximum atomic E-state index is 11.7. The average molecular weight is 250 g/mol. The molecule has 0 aromatic rings. The summed E-state index contributed by atoms with van der Waals surface area (Å²) in [6.07, 6.45) is 1.87. The maximum Gasteiger partial charge on any atom is 0.309 e. The Bertz CT molecular complexity index is 308. The fourth-order valence-corrected chi connectivity index (χ4v) is 3.80. The van der Waals surface area contributed by atoms with Gasteiger partial charge in [0.25, 0.3) is 0 Å². The Labute approximate surface area is 98.3 Å². The fraction of sp³-hybridized carbons (Fsp3) is 0.909. The number of hydrogen-bond donors (Lipinski definition) is 0. The second-order valence-electron chi connectivity index (χ2n) is 4.39. The van der Waals surface area contributed by atoms with Gasteiger partial charge in [-0.05, 0) is 5.92 Å². The summed E-state index contributed by atoms with van der Waals surface area (Å²) in [7, 11) is -1.89. The quantitative estimate of drug-likeness (QED) is 0.645. The molecule has 0 fully saturated rings. The van der Waals surface area contributed by atoms with E-state index in [0.29, 0.717) is 0 Å². The summed E-state index contributed by atoms with van der Waals surface area (Å²) in [5.74, 6) is -0.856. The van der Waals surface area contributed by atoms with Crippen LogP contribution in [0.4, 0.5) is 0 Å². The number of ether oxygens (including phenoxy) is 1. The zero-order chi connectivity index (χ0) is 12.8. The van der Waals surface area contributed by atoms with Crippen molar-refractivity contribution >= 4 is 15.8 Å². The lowest BCUT2D eigenvalue weighted by Crippen LogP contribution is -2.26. The van der Waals surface area contributed by atoms with Crippen LogP contribution in [-0.4, -0.2) is 33.0 Å². The standard InChI is InChI=1S/C11H22O4S/c1-5-6-9(2)7-16(13,14)8-10(3)11(12)15-4/h9-10H,5-8H2,1-4H3. The molecule has 2 atom stereocenters. The summed E-state index contributed by atoms with van der Waals surface area (Å²) in [4.78, 5) is 11.1. The van der Waals surface area contributed by atoms with Crippen LogP contribution in [0.2, 0.25) is 0 Å². The highest BCUT2D eigenvalue weighted by atomic mass is 32.2. The van der Waals surface area contributed by atoms with E-state index in [2.05, 4.69) is 4.74 Å². The van der Waals surface area contributed by atoms with Crippen molar-refractivity contribution in [1.29, 1.82) is 0 Å².